The minimum absolute atomic E-state index is 0.199. The Morgan fingerprint density at radius 1 is 0.900 bits per heavy atom. The number of nitrogens with zero attached hydrogens (tertiary/aromatic N) is 4. The van der Waals surface area contributed by atoms with E-state index < -0.39 is 0 Å². The van der Waals surface area contributed by atoms with Crippen molar-refractivity contribution in [1.29, 1.82) is 0 Å². The number of rotatable bonds is 4. The van der Waals surface area contributed by atoms with Gasteiger partial charge in [-0.2, -0.15) is 14.8 Å². The molecule has 0 aliphatic heterocycles. The summed E-state index contributed by atoms with van der Waals surface area (Å²) in [6.07, 6.45) is 1.99. The van der Waals surface area contributed by atoms with E-state index >= 15 is 0 Å². The van der Waals surface area contributed by atoms with Gasteiger partial charge in [0, 0.05) is 15.8 Å². The van der Waals surface area contributed by atoms with Crippen molar-refractivity contribution in [2.45, 2.75) is 4.90 Å². The van der Waals surface area contributed by atoms with Gasteiger partial charge in [-0.05, 0) is 30.5 Å². The number of benzene rings is 3. The SMILES string of the molecule is CSc1cccc(-n2nc(-c3nc(-c4ccccc4)no3)c3ccccc3c2=O)c1. The van der Waals surface area contributed by atoms with Crippen molar-refractivity contribution >= 4 is 22.5 Å². The molecule has 0 amide bonds. The zero-order valence-corrected chi connectivity index (χ0v) is 16.8. The molecule has 3 aromatic carbocycles. The molecule has 5 aromatic rings. The molecule has 0 atom stereocenters. The van der Waals surface area contributed by atoms with Crippen LogP contribution in [0, 0.1) is 0 Å². The average molecular weight is 412 g/mol. The standard InChI is InChI=1S/C23H16N4O2S/c1-30-17-11-7-10-16(14-17)27-23(28)19-13-6-5-12-18(19)20(25-27)22-24-21(26-29-22)15-8-3-2-4-9-15/h2-14H,1H3. The molecule has 146 valence electrons. The van der Waals surface area contributed by atoms with Crippen LogP contribution in [0.15, 0.2) is 93.1 Å². The van der Waals surface area contributed by atoms with Crippen LogP contribution < -0.4 is 5.56 Å². The maximum absolute atomic E-state index is 13.2. The Labute approximate surface area is 176 Å². The largest absolute Gasteiger partial charge is 0.332 e. The number of aromatic nitrogens is 4. The molecule has 2 aromatic heterocycles. The van der Waals surface area contributed by atoms with Gasteiger partial charge in [0.25, 0.3) is 11.4 Å². The lowest BCUT2D eigenvalue weighted by molar-refractivity contribution is 0.430. The first-order valence-electron chi connectivity index (χ1n) is 9.30. The molecule has 0 radical (unpaired) electrons. The lowest BCUT2D eigenvalue weighted by Crippen LogP contribution is -2.22. The third-order valence-corrected chi connectivity index (χ3v) is 5.49. The lowest BCUT2D eigenvalue weighted by Gasteiger charge is -2.10. The van der Waals surface area contributed by atoms with Crippen LogP contribution in [0.25, 0.3) is 39.4 Å². The minimum atomic E-state index is -0.199. The Balaban J connectivity index is 1.73. The maximum Gasteiger partial charge on any atom is 0.279 e. The van der Waals surface area contributed by atoms with Crippen molar-refractivity contribution in [3.8, 4) is 28.7 Å². The summed E-state index contributed by atoms with van der Waals surface area (Å²) in [6, 6.07) is 24.6. The molecule has 7 heteroatoms. The molecule has 0 N–H and O–H groups in total. The van der Waals surface area contributed by atoms with Crippen molar-refractivity contribution in [3.63, 3.8) is 0 Å². The van der Waals surface area contributed by atoms with E-state index in [9.17, 15) is 4.79 Å². The fourth-order valence-electron chi connectivity index (χ4n) is 3.29. The Morgan fingerprint density at radius 3 is 2.47 bits per heavy atom. The van der Waals surface area contributed by atoms with E-state index in [4.69, 9.17) is 4.52 Å². The zero-order chi connectivity index (χ0) is 20.5. The van der Waals surface area contributed by atoms with Gasteiger partial charge >= 0.3 is 0 Å². The highest BCUT2D eigenvalue weighted by Gasteiger charge is 2.19. The monoisotopic (exact) mass is 412 g/mol. The fraction of sp³-hybridized carbons (Fsp3) is 0.0435. The summed E-state index contributed by atoms with van der Waals surface area (Å²) in [4.78, 5) is 18.7. The van der Waals surface area contributed by atoms with Crippen molar-refractivity contribution in [3.05, 3.63) is 89.2 Å². The smallest absolute Gasteiger partial charge is 0.279 e. The third kappa shape index (κ3) is 3.19. The number of hydrogen-bond donors (Lipinski definition) is 0. The molecule has 0 unspecified atom stereocenters. The van der Waals surface area contributed by atoms with Gasteiger partial charge in [-0.15, -0.1) is 11.8 Å². The summed E-state index contributed by atoms with van der Waals surface area (Å²) in [5.41, 5.74) is 1.80. The lowest BCUT2D eigenvalue weighted by atomic mass is 10.1. The summed E-state index contributed by atoms with van der Waals surface area (Å²) in [5.74, 6) is 0.735. The van der Waals surface area contributed by atoms with Gasteiger partial charge in [0.15, 0.2) is 5.69 Å². The van der Waals surface area contributed by atoms with Crippen LogP contribution in [0.5, 0.6) is 0 Å². The molecule has 0 fully saturated rings. The summed E-state index contributed by atoms with van der Waals surface area (Å²) in [7, 11) is 0. The third-order valence-electron chi connectivity index (χ3n) is 4.76. The molecule has 0 saturated carbocycles. The average Bonchev–Trinajstić information content (AvgIpc) is 3.30. The Bertz CT molecular complexity index is 1410. The van der Waals surface area contributed by atoms with E-state index in [1.54, 1.807) is 17.8 Å². The summed E-state index contributed by atoms with van der Waals surface area (Å²) in [5, 5.41) is 9.93. The number of thioether (sulfide) groups is 1. The van der Waals surface area contributed by atoms with E-state index in [-0.39, 0.29) is 11.4 Å². The molecule has 0 aliphatic rings. The van der Waals surface area contributed by atoms with Crippen molar-refractivity contribution < 1.29 is 4.52 Å². The van der Waals surface area contributed by atoms with Gasteiger partial charge in [0.05, 0.1) is 11.1 Å². The van der Waals surface area contributed by atoms with Crippen LogP contribution in [0.4, 0.5) is 0 Å². The fourth-order valence-corrected chi connectivity index (χ4v) is 3.74. The second-order valence-electron chi connectivity index (χ2n) is 6.60. The Morgan fingerprint density at radius 2 is 1.67 bits per heavy atom. The first-order chi connectivity index (χ1) is 14.7. The second-order valence-corrected chi connectivity index (χ2v) is 7.48. The first-order valence-corrected chi connectivity index (χ1v) is 10.5. The van der Waals surface area contributed by atoms with Gasteiger partial charge in [-0.3, -0.25) is 4.79 Å². The predicted octanol–water partition coefficient (Wildman–Crippen LogP) is 4.82. The van der Waals surface area contributed by atoms with E-state index in [0.717, 1.165) is 10.5 Å². The van der Waals surface area contributed by atoms with Crippen molar-refractivity contribution in [1.82, 2.24) is 19.9 Å². The Kier molecular flexibility index (Phi) is 4.65. The van der Waals surface area contributed by atoms with E-state index in [1.165, 1.54) is 4.68 Å². The maximum atomic E-state index is 13.2. The summed E-state index contributed by atoms with van der Waals surface area (Å²) < 4.78 is 6.94. The van der Waals surface area contributed by atoms with Gasteiger partial charge in [0.2, 0.25) is 5.82 Å². The van der Waals surface area contributed by atoms with Crippen LogP contribution in [-0.4, -0.2) is 26.2 Å². The molecule has 5 rings (SSSR count). The highest BCUT2D eigenvalue weighted by molar-refractivity contribution is 7.98. The minimum Gasteiger partial charge on any atom is -0.332 e. The topological polar surface area (TPSA) is 73.8 Å². The van der Waals surface area contributed by atoms with Crippen LogP contribution in [-0.2, 0) is 0 Å². The molecule has 0 aliphatic carbocycles. The van der Waals surface area contributed by atoms with E-state index in [2.05, 4.69) is 15.2 Å². The van der Waals surface area contributed by atoms with Gasteiger partial charge in [0.1, 0.15) is 0 Å². The van der Waals surface area contributed by atoms with Crippen LogP contribution >= 0.6 is 11.8 Å². The number of fused-ring (bicyclic) bond motifs is 1. The van der Waals surface area contributed by atoms with Gasteiger partial charge in [-0.1, -0.05) is 59.8 Å². The zero-order valence-electron chi connectivity index (χ0n) is 16.0. The normalized spacial score (nSPS) is 11.1. The Hall–Kier alpha value is -3.71. The van der Waals surface area contributed by atoms with E-state index in [1.807, 2.05) is 79.1 Å². The molecule has 0 spiro atoms. The van der Waals surface area contributed by atoms with Crippen LogP contribution in [0.1, 0.15) is 0 Å². The van der Waals surface area contributed by atoms with Crippen LogP contribution in [0.2, 0.25) is 0 Å². The summed E-state index contributed by atoms with van der Waals surface area (Å²) >= 11 is 1.60. The van der Waals surface area contributed by atoms with Crippen molar-refractivity contribution in [2.75, 3.05) is 6.26 Å². The molecule has 30 heavy (non-hydrogen) atoms. The molecular formula is C23H16N4O2S. The van der Waals surface area contributed by atoms with Gasteiger partial charge < -0.3 is 4.52 Å². The molecule has 0 saturated heterocycles. The summed E-state index contributed by atoms with van der Waals surface area (Å²) in [6.45, 7) is 0. The highest BCUT2D eigenvalue weighted by Crippen LogP contribution is 2.27. The highest BCUT2D eigenvalue weighted by atomic mass is 32.2. The molecule has 0 bridgehead atoms. The predicted molar refractivity (Wildman–Crippen MR) is 118 cm³/mol. The van der Waals surface area contributed by atoms with Crippen molar-refractivity contribution in [2.24, 2.45) is 0 Å². The second kappa shape index (κ2) is 7.61. The van der Waals surface area contributed by atoms with E-state index in [0.29, 0.717) is 28.0 Å². The van der Waals surface area contributed by atoms with Crippen LogP contribution in [0.3, 0.4) is 0 Å². The first kappa shape index (κ1) is 18.3. The quantitative estimate of drug-likeness (QED) is 0.394. The molecule has 6 nitrogen and oxygen atoms in total. The number of hydrogen-bond acceptors (Lipinski definition) is 6. The van der Waals surface area contributed by atoms with Gasteiger partial charge in [-0.25, -0.2) is 0 Å². The molecular weight excluding hydrogens is 396 g/mol. The molecule has 2 heterocycles.